The lowest BCUT2D eigenvalue weighted by atomic mass is 10.1. The van der Waals surface area contributed by atoms with Gasteiger partial charge in [0.15, 0.2) is 0 Å². The van der Waals surface area contributed by atoms with Gasteiger partial charge in [0, 0.05) is 30.8 Å². The van der Waals surface area contributed by atoms with E-state index in [1.807, 2.05) is 73.7 Å². The van der Waals surface area contributed by atoms with E-state index in [-0.39, 0.29) is 6.42 Å². The Morgan fingerprint density at radius 1 is 0.833 bits per heavy atom. The van der Waals surface area contributed by atoms with E-state index in [0.29, 0.717) is 44.2 Å². The lowest BCUT2D eigenvalue weighted by Gasteiger charge is -2.26. The van der Waals surface area contributed by atoms with Crippen LogP contribution in [-0.4, -0.2) is 28.6 Å². The normalized spacial score (nSPS) is 11.6. The molecule has 0 spiro atoms. The van der Waals surface area contributed by atoms with E-state index in [1.165, 1.54) is 5.56 Å². The number of para-hydroxylation sites is 1. The molecule has 0 saturated heterocycles. The Kier molecular flexibility index (Phi) is 10.7. The summed E-state index contributed by atoms with van der Waals surface area (Å²) in [6.45, 7) is 6.26. The minimum absolute atomic E-state index is 0.263. The third-order valence-corrected chi connectivity index (χ3v) is 6.98. The predicted octanol–water partition coefficient (Wildman–Crippen LogP) is 6.14. The molecule has 0 amide bonds. The first-order valence-electron chi connectivity index (χ1n) is 14.0. The van der Waals surface area contributed by atoms with Gasteiger partial charge in [-0.15, -0.1) is 0 Å². The summed E-state index contributed by atoms with van der Waals surface area (Å²) in [7, 11) is 0. The van der Waals surface area contributed by atoms with Gasteiger partial charge in [0.1, 0.15) is 30.8 Å². The molecule has 7 nitrogen and oxygen atoms in total. The number of rotatable bonds is 14. The maximum atomic E-state index is 11.5. The van der Waals surface area contributed by atoms with Crippen molar-refractivity contribution < 1.29 is 19.4 Å². The molecule has 216 valence electrons. The molecule has 7 heteroatoms. The lowest BCUT2D eigenvalue weighted by Crippen LogP contribution is -2.35. The summed E-state index contributed by atoms with van der Waals surface area (Å²) >= 11 is 0. The van der Waals surface area contributed by atoms with Gasteiger partial charge in [-0.25, -0.2) is 0 Å². The van der Waals surface area contributed by atoms with Crippen LogP contribution in [0.15, 0.2) is 91.0 Å². The molecule has 0 aliphatic carbocycles. The molecule has 3 N–H and O–H groups in total. The number of nitriles is 1. The van der Waals surface area contributed by atoms with E-state index in [1.54, 1.807) is 6.07 Å². The summed E-state index contributed by atoms with van der Waals surface area (Å²) in [5.41, 5.74) is 12.7. The number of nitrogens with two attached hydrogens (primary N) is 1. The molecule has 0 aliphatic rings. The molecule has 0 aromatic heterocycles. The van der Waals surface area contributed by atoms with Gasteiger partial charge in [0.05, 0.1) is 11.6 Å². The fourth-order valence-electron chi connectivity index (χ4n) is 4.76. The molecule has 0 heterocycles. The minimum atomic E-state index is -1.04. The molecule has 0 saturated carbocycles. The van der Waals surface area contributed by atoms with Gasteiger partial charge in [0.25, 0.3) is 0 Å². The average Bonchev–Trinajstić information content (AvgIpc) is 2.98. The molecular formula is C35H37N3O4. The fourth-order valence-corrected chi connectivity index (χ4v) is 4.76. The highest BCUT2D eigenvalue weighted by Gasteiger charge is 2.18. The number of carboxylic acid groups (broad SMARTS) is 1. The van der Waals surface area contributed by atoms with Crippen molar-refractivity contribution in [3.8, 4) is 17.6 Å². The van der Waals surface area contributed by atoms with Gasteiger partial charge < -0.3 is 20.3 Å². The average molecular weight is 564 g/mol. The molecule has 4 aromatic rings. The van der Waals surface area contributed by atoms with Crippen molar-refractivity contribution in [3.05, 3.63) is 130 Å². The molecule has 0 radical (unpaired) electrons. The van der Waals surface area contributed by atoms with Crippen LogP contribution in [0, 0.1) is 25.2 Å². The van der Waals surface area contributed by atoms with Crippen LogP contribution in [0.1, 0.15) is 45.4 Å². The largest absolute Gasteiger partial charge is 0.489 e. The standard InChI is InChI=1S/C35H37N3O4/c1-25-7-5-9-28(17-25)23-41-33-12-4-3-11-30(33)21-38(16-15-32(37)35(39)40)22-31-19-27(20-36)13-14-34(31)42-24-29-10-6-8-26(2)18-29/h3-14,17-19,32H,15-16,21-24,37H2,1-2H3,(H,39,40)/t32-/m0/s1. The van der Waals surface area contributed by atoms with Crippen LogP contribution < -0.4 is 15.2 Å². The zero-order chi connectivity index (χ0) is 29.9. The molecule has 0 aliphatic heterocycles. The van der Waals surface area contributed by atoms with E-state index in [0.717, 1.165) is 33.6 Å². The van der Waals surface area contributed by atoms with Crippen LogP contribution in [-0.2, 0) is 31.1 Å². The van der Waals surface area contributed by atoms with E-state index in [2.05, 4.69) is 36.1 Å². The lowest BCUT2D eigenvalue weighted by molar-refractivity contribution is -0.138. The number of aliphatic carboxylic acids is 1. The first kappa shape index (κ1) is 30.3. The van der Waals surface area contributed by atoms with Crippen molar-refractivity contribution in [2.45, 2.75) is 52.6 Å². The number of benzene rings is 4. The van der Waals surface area contributed by atoms with Crippen molar-refractivity contribution in [1.29, 1.82) is 5.26 Å². The summed E-state index contributed by atoms with van der Waals surface area (Å²) in [5, 5.41) is 19.0. The second-order valence-electron chi connectivity index (χ2n) is 10.5. The molecule has 4 aromatic carbocycles. The molecule has 42 heavy (non-hydrogen) atoms. The van der Waals surface area contributed by atoms with E-state index >= 15 is 0 Å². The number of hydrogen-bond donors (Lipinski definition) is 2. The van der Waals surface area contributed by atoms with Crippen LogP contribution in [0.2, 0.25) is 0 Å². The zero-order valence-corrected chi connectivity index (χ0v) is 24.1. The highest BCUT2D eigenvalue weighted by molar-refractivity contribution is 5.73. The van der Waals surface area contributed by atoms with Gasteiger partial charge in [-0.1, -0.05) is 77.9 Å². The van der Waals surface area contributed by atoms with Crippen molar-refractivity contribution in [2.75, 3.05) is 6.54 Å². The number of nitrogens with zero attached hydrogens (tertiary/aromatic N) is 2. The quantitative estimate of drug-likeness (QED) is 0.190. The maximum absolute atomic E-state index is 11.5. The molecule has 4 rings (SSSR count). The topological polar surface area (TPSA) is 109 Å². The third kappa shape index (κ3) is 8.93. The van der Waals surface area contributed by atoms with E-state index in [9.17, 15) is 15.2 Å². The first-order valence-corrected chi connectivity index (χ1v) is 14.0. The molecular weight excluding hydrogens is 526 g/mol. The highest BCUT2D eigenvalue weighted by atomic mass is 16.5. The first-order chi connectivity index (χ1) is 20.3. The Bertz CT molecular complexity index is 1550. The second kappa shape index (κ2) is 14.8. The van der Waals surface area contributed by atoms with E-state index < -0.39 is 12.0 Å². The summed E-state index contributed by atoms with van der Waals surface area (Å²) in [4.78, 5) is 13.6. The number of carboxylic acids is 1. The van der Waals surface area contributed by atoms with Crippen LogP contribution in [0.5, 0.6) is 11.5 Å². The van der Waals surface area contributed by atoms with Crippen LogP contribution >= 0.6 is 0 Å². The van der Waals surface area contributed by atoms with Gasteiger partial charge >= 0.3 is 5.97 Å². The maximum Gasteiger partial charge on any atom is 0.320 e. The van der Waals surface area contributed by atoms with Gasteiger partial charge in [-0.2, -0.15) is 5.26 Å². The molecule has 0 bridgehead atoms. The minimum Gasteiger partial charge on any atom is -0.489 e. The zero-order valence-electron chi connectivity index (χ0n) is 24.1. The van der Waals surface area contributed by atoms with Crippen LogP contribution in [0.3, 0.4) is 0 Å². The number of aryl methyl sites for hydroxylation is 2. The Labute approximate surface area is 247 Å². The van der Waals surface area contributed by atoms with Crippen molar-refractivity contribution in [1.82, 2.24) is 4.90 Å². The Balaban J connectivity index is 1.57. The molecule has 0 fully saturated rings. The third-order valence-electron chi connectivity index (χ3n) is 6.98. The number of ether oxygens (including phenoxy) is 2. The van der Waals surface area contributed by atoms with Crippen molar-refractivity contribution >= 4 is 5.97 Å². The highest BCUT2D eigenvalue weighted by Crippen LogP contribution is 2.27. The molecule has 0 unspecified atom stereocenters. The van der Waals surface area contributed by atoms with Crippen molar-refractivity contribution in [2.24, 2.45) is 5.73 Å². The van der Waals surface area contributed by atoms with Crippen molar-refractivity contribution in [3.63, 3.8) is 0 Å². The summed E-state index contributed by atoms with van der Waals surface area (Å²) in [6.07, 6.45) is 0.263. The fraction of sp³-hybridized carbons (Fsp3) is 0.257. The Morgan fingerprint density at radius 3 is 2.02 bits per heavy atom. The SMILES string of the molecule is Cc1cccc(COc2ccccc2CN(CC[C@H](N)C(=O)O)Cc2cc(C#N)ccc2OCc2cccc(C)c2)c1. The predicted molar refractivity (Wildman–Crippen MR) is 163 cm³/mol. The summed E-state index contributed by atoms with van der Waals surface area (Å²) in [6, 6.07) is 30.8. The number of hydrogen-bond acceptors (Lipinski definition) is 6. The monoisotopic (exact) mass is 563 g/mol. The van der Waals surface area contributed by atoms with Gasteiger partial charge in [-0.3, -0.25) is 9.69 Å². The summed E-state index contributed by atoms with van der Waals surface area (Å²) < 4.78 is 12.5. The van der Waals surface area contributed by atoms with E-state index in [4.69, 9.17) is 15.2 Å². The Morgan fingerprint density at radius 2 is 1.43 bits per heavy atom. The number of carbonyl (C=O) groups is 1. The van der Waals surface area contributed by atoms with Gasteiger partial charge in [-0.05, 0) is 55.7 Å². The van der Waals surface area contributed by atoms with Crippen LogP contribution in [0.25, 0.3) is 0 Å². The molecule has 1 atom stereocenters. The van der Waals surface area contributed by atoms with Crippen LogP contribution in [0.4, 0.5) is 0 Å². The second-order valence-corrected chi connectivity index (χ2v) is 10.5. The summed E-state index contributed by atoms with van der Waals surface area (Å²) in [5.74, 6) is 0.394. The Hall–Kier alpha value is -4.64. The smallest absolute Gasteiger partial charge is 0.320 e. The van der Waals surface area contributed by atoms with Gasteiger partial charge in [0.2, 0.25) is 0 Å².